The predicted molar refractivity (Wildman–Crippen MR) is 80.1 cm³/mol. The van der Waals surface area contributed by atoms with E-state index in [0.717, 1.165) is 19.3 Å². The summed E-state index contributed by atoms with van der Waals surface area (Å²) in [4.78, 5) is 22.4. The number of carbonyl (C=O) groups is 2. The van der Waals surface area contributed by atoms with Gasteiger partial charge in [-0.25, -0.2) is 4.79 Å². The van der Waals surface area contributed by atoms with Gasteiger partial charge in [0.1, 0.15) is 6.04 Å². The zero-order chi connectivity index (χ0) is 15.2. The van der Waals surface area contributed by atoms with Crippen LogP contribution in [0, 0.1) is 13.8 Å². The molecule has 1 saturated heterocycles. The summed E-state index contributed by atoms with van der Waals surface area (Å²) >= 11 is 0. The van der Waals surface area contributed by atoms with E-state index < -0.39 is 12.1 Å². The van der Waals surface area contributed by atoms with Crippen LogP contribution in [0.15, 0.2) is 18.2 Å². The van der Waals surface area contributed by atoms with Crippen molar-refractivity contribution in [1.29, 1.82) is 0 Å². The summed E-state index contributed by atoms with van der Waals surface area (Å²) in [6, 6.07) is 5.89. The molecule has 5 nitrogen and oxygen atoms in total. The summed E-state index contributed by atoms with van der Waals surface area (Å²) in [5.41, 5.74) is 4.00. The predicted octanol–water partition coefficient (Wildman–Crippen LogP) is 1.85. The normalized spacial score (nSPS) is 16.9. The fraction of sp³-hybridized carbons (Fsp3) is 0.500. The molecule has 0 aliphatic carbocycles. The van der Waals surface area contributed by atoms with Crippen molar-refractivity contribution in [3.05, 3.63) is 34.9 Å². The first-order valence-electron chi connectivity index (χ1n) is 7.34. The third-order valence-electron chi connectivity index (χ3n) is 3.79. The maximum atomic E-state index is 11.4. The molecule has 1 fully saturated rings. The van der Waals surface area contributed by atoms with Crippen LogP contribution in [0.5, 0.6) is 0 Å². The largest absolute Gasteiger partial charge is 0.450 e. The molecule has 5 heteroatoms. The van der Waals surface area contributed by atoms with Crippen LogP contribution >= 0.6 is 0 Å². The third-order valence-corrected chi connectivity index (χ3v) is 3.79. The number of hydrogen-bond acceptors (Lipinski definition) is 3. The van der Waals surface area contributed by atoms with Gasteiger partial charge >= 0.3 is 6.09 Å². The molecule has 1 atom stereocenters. The Kier molecular flexibility index (Phi) is 5.20. The fourth-order valence-corrected chi connectivity index (χ4v) is 2.40. The molecule has 2 rings (SSSR count). The first-order chi connectivity index (χ1) is 10.1. The lowest BCUT2D eigenvalue weighted by Gasteiger charge is -2.26. The second-order valence-electron chi connectivity index (χ2n) is 5.41. The van der Waals surface area contributed by atoms with Crippen LogP contribution in [0.25, 0.3) is 0 Å². The molecule has 0 unspecified atom stereocenters. The van der Waals surface area contributed by atoms with E-state index in [1.807, 2.05) is 0 Å². The Morgan fingerprint density at radius 3 is 2.62 bits per heavy atom. The highest BCUT2D eigenvalue weighted by atomic mass is 16.5. The van der Waals surface area contributed by atoms with Crippen molar-refractivity contribution in [2.24, 2.45) is 0 Å². The molecule has 0 aromatic heterocycles. The van der Waals surface area contributed by atoms with Gasteiger partial charge in [-0.3, -0.25) is 4.79 Å². The Morgan fingerprint density at radius 2 is 2.05 bits per heavy atom. The summed E-state index contributed by atoms with van der Waals surface area (Å²) in [6.07, 6.45) is 2.28. The summed E-state index contributed by atoms with van der Waals surface area (Å²) in [6.45, 7) is 5.11. The van der Waals surface area contributed by atoms with Gasteiger partial charge in [-0.2, -0.15) is 0 Å². The van der Waals surface area contributed by atoms with Crippen molar-refractivity contribution < 1.29 is 14.3 Å². The molecule has 21 heavy (non-hydrogen) atoms. The number of β-lactam (4-membered cyclic amide) rings is 1. The Bertz CT molecular complexity index is 508. The van der Waals surface area contributed by atoms with E-state index in [4.69, 9.17) is 4.74 Å². The minimum atomic E-state index is -0.512. The van der Waals surface area contributed by atoms with Crippen molar-refractivity contribution in [3.8, 4) is 0 Å². The van der Waals surface area contributed by atoms with Crippen LogP contribution in [-0.2, 0) is 16.0 Å². The van der Waals surface area contributed by atoms with Gasteiger partial charge in [0.05, 0.1) is 6.61 Å². The van der Waals surface area contributed by atoms with Crippen molar-refractivity contribution >= 4 is 12.0 Å². The molecular formula is C16H22N2O3. The first-order valence-corrected chi connectivity index (χ1v) is 7.34. The molecule has 1 aromatic carbocycles. The van der Waals surface area contributed by atoms with Crippen LogP contribution in [0.3, 0.4) is 0 Å². The number of alkyl carbamates (subject to hydrolysis) is 1. The van der Waals surface area contributed by atoms with E-state index >= 15 is 0 Å². The minimum absolute atomic E-state index is 0.151. The van der Waals surface area contributed by atoms with Crippen LogP contribution in [0.2, 0.25) is 0 Å². The molecule has 1 heterocycles. The molecule has 1 aliphatic rings. The van der Waals surface area contributed by atoms with Gasteiger partial charge < -0.3 is 15.4 Å². The highest BCUT2D eigenvalue weighted by Crippen LogP contribution is 2.15. The van der Waals surface area contributed by atoms with Crippen molar-refractivity contribution in [2.75, 3.05) is 13.2 Å². The van der Waals surface area contributed by atoms with Crippen molar-refractivity contribution in [2.45, 2.75) is 39.2 Å². The summed E-state index contributed by atoms with van der Waals surface area (Å²) < 4.78 is 5.07. The first kappa shape index (κ1) is 15.4. The van der Waals surface area contributed by atoms with E-state index in [0.29, 0.717) is 13.2 Å². The lowest BCUT2D eigenvalue weighted by molar-refractivity contribution is -0.128. The molecule has 0 radical (unpaired) electrons. The standard InChI is InChI=1S/C16H22N2O3/c1-11-6-5-7-12(2)13(11)8-3-4-9-21-16(20)18-14-10-17-15(14)19/h5-7,14H,3-4,8-10H2,1-2H3,(H,17,19)(H,18,20)/t14-/m0/s1. The number of ether oxygens (including phenoxy) is 1. The maximum Gasteiger partial charge on any atom is 0.407 e. The molecular weight excluding hydrogens is 268 g/mol. The Labute approximate surface area is 125 Å². The smallest absolute Gasteiger partial charge is 0.407 e. The van der Waals surface area contributed by atoms with E-state index in [-0.39, 0.29) is 5.91 Å². The third kappa shape index (κ3) is 4.21. The SMILES string of the molecule is Cc1cccc(C)c1CCCCOC(=O)N[C@H]1CNC1=O. The van der Waals surface area contributed by atoms with Crippen LogP contribution in [0.4, 0.5) is 4.79 Å². The Hall–Kier alpha value is -2.04. The number of amides is 2. The molecule has 0 saturated carbocycles. The van der Waals surface area contributed by atoms with Crippen molar-refractivity contribution in [1.82, 2.24) is 10.6 Å². The van der Waals surface area contributed by atoms with Gasteiger partial charge in [-0.15, -0.1) is 0 Å². The van der Waals surface area contributed by atoms with Crippen LogP contribution < -0.4 is 10.6 Å². The van der Waals surface area contributed by atoms with E-state index in [1.165, 1.54) is 16.7 Å². The highest BCUT2D eigenvalue weighted by Gasteiger charge is 2.29. The minimum Gasteiger partial charge on any atom is -0.450 e. The van der Waals surface area contributed by atoms with Gasteiger partial charge in [0.15, 0.2) is 0 Å². The van der Waals surface area contributed by atoms with Gasteiger partial charge in [0, 0.05) is 6.54 Å². The second-order valence-corrected chi connectivity index (χ2v) is 5.41. The Balaban J connectivity index is 1.61. The zero-order valence-corrected chi connectivity index (χ0v) is 12.6. The molecule has 1 aromatic rings. The maximum absolute atomic E-state index is 11.4. The number of hydrogen-bond donors (Lipinski definition) is 2. The van der Waals surface area contributed by atoms with Gasteiger partial charge in [0.2, 0.25) is 5.91 Å². The fourth-order valence-electron chi connectivity index (χ4n) is 2.40. The zero-order valence-electron chi connectivity index (χ0n) is 12.6. The average Bonchev–Trinajstić information content (AvgIpc) is 2.45. The van der Waals surface area contributed by atoms with Gasteiger partial charge in [0.25, 0.3) is 0 Å². The number of unbranched alkanes of at least 4 members (excludes halogenated alkanes) is 1. The van der Waals surface area contributed by atoms with E-state index in [9.17, 15) is 9.59 Å². The molecule has 2 amide bonds. The molecule has 114 valence electrons. The second kappa shape index (κ2) is 7.11. The quantitative estimate of drug-likeness (QED) is 0.620. The lowest BCUT2D eigenvalue weighted by atomic mass is 9.98. The average molecular weight is 290 g/mol. The summed E-state index contributed by atoms with van der Waals surface area (Å²) in [5, 5.41) is 5.08. The highest BCUT2D eigenvalue weighted by molar-refractivity contribution is 5.90. The Morgan fingerprint density at radius 1 is 1.33 bits per heavy atom. The topological polar surface area (TPSA) is 67.4 Å². The number of nitrogens with one attached hydrogen (secondary N) is 2. The van der Waals surface area contributed by atoms with Crippen LogP contribution in [0.1, 0.15) is 29.5 Å². The van der Waals surface area contributed by atoms with E-state index in [1.54, 1.807) is 0 Å². The summed E-state index contributed by atoms with van der Waals surface area (Å²) in [5.74, 6) is -0.151. The van der Waals surface area contributed by atoms with Gasteiger partial charge in [-0.05, 0) is 49.8 Å². The lowest BCUT2D eigenvalue weighted by Crippen LogP contribution is -2.61. The number of benzene rings is 1. The number of rotatable bonds is 6. The molecule has 0 bridgehead atoms. The monoisotopic (exact) mass is 290 g/mol. The van der Waals surface area contributed by atoms with Gasteiger partial charge in [-0.1, -0.05) is 18.2 Å². The van der Waals surface area contributed by atoms with Crippen LogP contribution in [-0.4, -0.2) is 31.2 Å². The number of carbonyl (C=O) groups excluding carboxylic acids is 2. The van der Waals surface area contributed by atoms with E-state index in [2.05, 4.69) is 42.7 Å². The molecule has 0 spiro atoms. The van der Waals surface area contributed by atoms with Crippen molar-refractivity contribution in [3.63, 3.8) is 0 Å². The summed E-state index contributed by atoms with van der Waals surface area (Å²) in [7, 11) is 0. The number of aryl methyl sites for hydroxylation is 2. The molecule has 1 aliphatic heterocycles. The molecule has 2 N–H and O–H groups in total.